The first-order valence-corrected chi connectivity index (χ1v) is 7.34. The second kappa shape index (κ2) is 4.82. The van der Waals surface area contributed by atoms with E-state index in [2.05, 4.69) is 35.0 Å². The molecular formula is C15H18N2S. The predicted octanol–water partition coefficient (Wildman–Crippen LogP) is 3.35. The number of aromatic nitrogens is 1. The van der Waals surface area contributed by atoms with Gasteiger partial charge in [-0.25, -0.2) is 4.98 Å². The third kappa shape index (κ3) is 2.47. The Morgan fingerprint density at radius 1 is 1.28 bits per heavy atom. The van der Waals surface area contributed by atoms with Crippen LogP contribution < -0.4 is 5.32 Å². The fourth-order valence-corrected chi connectivity index (χ4v) is 3.40. The van der Waals surface area contributed by atoms with Gasteiger partial charge in [-0.15, -0.1) is 11.3 Å². The zero-order valence-electron chi connectivity index (χ0n) is 10.6. The van der Waals surface area contributed by atoms with Gasteiger partial charge in [0.05, 0.1) is 10.7 Å². The highest BCUT2D eigenvalue weighted by atomic mass is 32.1. The Morgan fingerprint density at radius 3 is 2.72 bits per heavy atom. The first kappa shape index (κ1) is 11.9. The lowest BCUT2D eigenvalue weighted by atomic mass is 10.0. The lowest BCUT2D eigenvalue weighted by Crippen LogP contribution is -2.21. The number of hydrogen-bond donors (Lipinski definition) is 1. The molecule has 2 nitrogen and oxygen atoms in total. The molecule has 18 heavy (non-hydrogen) atoms. The van der Waals surface area contributed by atoms with Crippen molar-refractivity contribution in [2.24, 2.45) is 5.41 Å². The first-order valence-electron chi connectivity index (χ1n) is 6.46. The van der Waals surface area contributed by atoms with Crippen LogP contribution in [0.3, 0.4) is 0 Å². The van der Waals surface area contributed by atoms with Crippen LogP contribution in [0.4, 0.5) is 0 Å². The molecule has 0 spiro atoms. The molecule has 0 radical (unpaired) electrons. The zero-order valence-corrected chi connectivity index (χ0v) is 11.5. The minimum Gasteiger partial charge on any atom is -0.319 e. The third-order valence-corrected chi connectivity index (χ3v) is 4.51. The van der Waals surface area contributed by atoms with E-state index in [1.165, 1.54) is 23.4 Å². The van der Waals surface area contributed by atoms with Crippen molar-refractivity contribution in [3.63, 3.8) is 0 Å². The number of rotatable bonds is 5. The minimum atomic E-state index is 0.501. The van der Waals surface area contributed by atoms with Gasteiger partial charge in [-0.1, -0.05) is 30.3 Å². The van der Waals surface area contributed by atoms with Gasteiger partial charge in [-0.05, 0) is 25.3 Å². The number of nitrogens with one attached hydrogen (secondary N) is 1. The van der Waals surface area contributed by atoms with E-state index in [-0.39, 0.29) is 0 Å². The summed E-state index contributed by atoms with van der Waals surface area (Å²) in [4.78, 5) is 4.78. The van der Waals surface area contributed by atoms with Gasteiger partial charge < -0.3 is 5.32 Å². The van der Waals surface area contributed by atoms with E-state index in [1.54, 1.807) is 11.3 Å². The fourth-order valence-electron chi connectivity index (χ4n) is 2.42. The van der Waals surface area contributed by atoms with Gasteiger partial charge in [0.25, 0.3) is 0 Å². The fraction of sp³-hybridized carbons (Fsp3) is 0.400. The van der Waals surface area contributed by atoms with Gasteiger partial charge >= 0.3 is 0 Å². The lowest BCUT2D eigenvalue weighted by molar-refractivity contribution is 0.477. The number of thiazole rings is 1. The largest absolute Gasteiger partial charge is 0.319 e. The zero-order chi connectivity index (χ0) is 12.4. The van der Waals surface area contributed by atoms with Crippen molar-refractivity contribution >= 4 is 11.3 Å². The number of hydrogen-bond acceptors (Lipinski definition) is 3. The topological polar surface area (TPSA) is 24.9 Å². The van der Waals surface area contributed by atoms with Crippen molar-refractivity contribution in [2.75, 3.05) is 13.6 Å². The molecule has 1 saturated carbocycles. The first-order chi connectivity index (χ1) is 8.81. The SMILES string of the molecule is CNCC1(Cc2nc(-c3ccccc3)cs2)CC1. The summed E-state index contributed by atoms with van der Waals surface area (Å²) in [5, 5.41) is 6.77. The smallest absolute Gasteiger partial charge is 0.0938 e. The van der Waals surface area contributed by atoms with Crippen molar-refractivity contribution in [3.05, 3.63) is 40.7 Å². The summed E-state index contributed by atoms with van der Waals surface area (Å²) in [6.07, 6.45) is 3.81. The van der Waals surface area contributed by atoms with E-state index < -0.39 is 0 Å². The monoisotopic (exact) mass is 258 g/mol. The average Bonchev–Trinajstić information content (AvgIpc) is 2.99. The van der Waals surface area contributed by atoms with E-state index in [0.717, 1.165) is 18.7 Å². The molecule has 1 N–H and O–H groups in total. The normalized spacial score (nSPS) is 16.7. The molecule has 0 unspecified atom stereocenters. The lowest BCUT2D eigenvalue weighted by Gasteiger charge is -2.11. The van der Waals surface area contributed by atoms with Crippen LogP contribution in [-0.4, -0.2) is 18.6 Å². The Bertz CT molecular complexity index is 514. The van der Waals surface area contributed by atoms with Crippen LogP contribution in [0.1, 0.15) is 17.8 Å². The van der Waals surface area contributed by atoms with Crippen LogP contribution >= 0.6 is 11.3 Å². The summed E-state index contributed by atoms with van der Waals surface area (Å²) in [7, 11) is 2.04. The van der Waals surface area contributed by atoms with Crippen molar-refractivity contribution in [1.82, 2.24) is 10.3 Å². The van der Waals surface area contributed by atoms with Gasteiger partial charge in [0.2, 0.25) is 0 Å². The molecule has 3 rings (SSSR count). The summed E-state index contributed by atoms with van der Waals surface area (Å²) in [6, 6.07) is 10.4. The highest BCUT2D eigenvalue weighted by Crippen LogP contribution is 2.48. The second-order valence-electron chi connectivity index (χ2n) is 5.20. The van der Waals surface area contributed by atoms with Crippen LogP contribution in [0, 0.1) is 5.41 Å². The van der Waals surface area contributed by atoms with Gasteiger partial charge in [0.15, 0.2) is 0 Å². The molecule has 1 aliphatic rings. The summed E-state index contributed by atoms with van der Waals surface area (Å²) < 4.78 is 0. The molecule has 1 aliphatic carbocycles. The van der Waals surface area contributed by atoms with Crippen molar-refractivity contribution in [3.8, 4) is 11.3 Å². The molecule has 1 heterocycles. The Kier molecular flexibility index (Phi) is 3.18. The van der Waals surface area contributed by atoms with Crippen LogP contribution in [0.5, 0.6) is 0 Å². The van der Waals surface area contributed by atoms with Crippen LogP contribution in [-0.2, 0) is 6.42 Å². The molecule has 0 saturated heterocycles. The summed E-state index contributed by atoms with van der Waals surface area (Å²) in [5.74, 6) is 0. The molecule has 0 aliphatic heterocycles. The van der Waals surface area contributed by atoms with Gasteiger partial charge in [0.1, 0.15) is 0 Å². The molecule has 1 fully saturated rings. The standard InChI is InChI=1S/C15H18N2S/c1-16-11-15(7-8-15)9-14-17-13(10-18-14)12-5-3-2-4-6-12/h2-6,10,16H,7-9,11H2,1H3. The van der Waals surface area contributed by atoms with E-state index >= 15 is 0 Å². The molecule has 2 aromatic rings. The maximum Gasteiger partial charge on any atom is 0.0938 e. The van der Waals surface area contributed by atoms with Crippen LogP contribution in [0.25, 0.3) is 11.3 Å². The highest BCUT2D eigenvalue weighted by Gasteiger charge is 2.42. The summed E-state index contributed by atoms with van der Waals surface area (Å²) in [5.41, 5.74) is 2.84. The maximum absolute atomic E-state index is 4.78. The van der Waals surface area contributed by atoms with E-state index in [0.29, 0.717) is 5.41 Å². The van der Waals surface area contributed by atoms with Gasteiger partial charge in [-0.3, -0.25) is 0 Å². The molecule has 0 bridgehead atoms. The third-order valence-electron chi connectivity index (χ3n) is 3.66. The van der Waals surface area contributed by atoms with Crippen molar-refractivity contribution < 1.29 is 0 Å². The summed E-state index contributed by atoms with van der Waals surface area (Å²) in [6.45, 7) is 1.12. The van der Waals surface area contributed by atoms with Crippen LogP contribution in [0.2, 0.25) is 0 Å². The quantitative estimate of drug-likeness (QED) is 0.889. The second-order valence-corrected chi connectivity index (χ2v) is 6.14. The number of nitrogens with zero attached hydrogens (tertiary/aromatic N) is 1. The van der Waals surface area contributed by atoms with E-state index in [9.17, 15) is 0 Å². The highest BCUT2D eigenvalue weighted by molar-refractivity contribution is 7.09. The molecule has 1 aromatic carbocycles. The molecule has 0 amide bonds. The molecule has 1 aromatic heterocycles. The Hall–Kier alpha value is -1.19. The molecule has 3 heteroatoms. The van der Waals surface area contributed by atoms with Gasteiger partial charge in [0, 0.05) is 23.9 Å². The molecule has 0 atom stereocenters. The molecule has 94 valence electrons. The van der Waals surface area contributed by atoms with Crippen molar-refractivity contribution in [2.45, 2.75) is 19.3 Å². The number of benzene rings is 1. The Balaban J connectivity index is 1.74. The summed E-state index contributed by atoms with van der Waals surface area (Å²) >= 11 is 1.80. The van der Waals surface area contributed by atoms with E-state index in [1.807, 2.05) is 13.1 Å². The average molecular weight is 258 g/mol. The van der Waals surface area contributed by atoms with Crippen molar-refractivity contribution in [1.29, 1.82) is 0 Å². The molecular weight excluding hydrogens is 240 g/mol. The van der Waals surface area contributed by atoms with E-state index in [4.69, 9.17) is 4.98 Å². The van der Waals surface area contributed by atoms with Crippen LogP contribution in [0.15, 0.2) is 35.7 Å². The maximum atomic E-state index is 4.78. The predicted molar refractivity (Wildman–Crippen MR) is 76.8 cm³/mol. The minimum absolute atomic E-state index is 0.501. The van der Waals surface area contributed by atoms with Gasteiger partial charge in [-0.2, -0.15) is 0 Å². The Labute approximate surface area is 112 Å². The Morgan fingerprint density at radius 2 is 2.06 bits per heavy atom.